The third-order valence-corrected chi connectivity index (χ3v) is 5.16. The van der Waals surface area contributed by atoms with Crippen molar-refractivity contribution < 1.29 is 14.3 Å². The minimum atomic E-state index is -0.392. The van der Waals surface area contributed by atoms with Gasteiger partial charge in [0.25, 0.3) is 0 Å². The van der Waals surface area contributed by atoms with Crippen LogP contribution >= 0.6 is 0 Å². The van der Waals surface area contributed by atoms with E-state index in [-0.39, 0.29) is 23.8 Å². The average molecular weight is 301 g/mol. The minimum Gasteiger partial charge on any atom is -0.466 e. The second-order valence-electron chi connectivity index (χ2n) is 6.41. The molecule has 1 amide bonds. The Morgan fingerprint density at radius 1 is 1.36 bits per heavy atom. The van der Waals surface area contributed by atoms with Gasteiger partial charge in [-0.3, -0.25) is 9.59 Å². The molecule has 1 saturated carbocycles. The van der Waals surface area contributed by atoms with E-state index < -0.39 is 5.41 Å². The molecule has 3 rings (SSSR count). The van der Waals surface area contributed by atoms with E-state index in [0.717, 1.165) is 18.4 Å². The van der Waals surface area contributed by atoms with Crippen molar-refractivity contribution in [1.82, 2.24) is 4.90 Å². The number of nitrogens with zero attached hydrogens (tertiary/aromatic N) is 1. The topological polar surface area (TPSA) is 46.6 Å². The maximum atomic E-state index is 12.4. The van der Waals surface area contributed by atoms with E-state index in [4.69, 9.17) is 4.74 Å². The van der Waals surface area contributed by atoms with E-state index in [1.54, 1.807) is 0 Å². The number of likely N-dealkylation sites (tertiary alicyclic amines) is 1. The van der Waals surface area contributed by atoms with E-state index in [1.807, 2.05) is 42.2 Å². The Kier molecular flexibility index (Phi) is 3.94. The summed E-state index contributed by atoms with van der Waals surface area (Å²) in [6, 6.07) is 10.1. The first kappa shape index (κ1) is 15.1. The molecule has 4 heteroatoms. The molecular weight excluding hydrogens is 278 g/mol. The Bertz CT molecular complexity index is 565. The fourth-order valence-electron chi connectivity index (χ4n) is 3.58. The van der Waals surface area contributed by atoms with Crippen LogP contribution in [0, 0.1) is 11.3 Å². The number of carbonyl (C=O) groups excluding carboxylic acids is 2. The van der Waals surface area contributed by atoms with Gasteiger partial charge in [0.2, 0.25) is 5.91 Å². The molecule has 0 N–H and O–H groups in total. The van der Waals surface area contributed by atoms with Gasteiger partial charge in [-0.2, -0.15) is 0 Å². The highest BCUT2D eigenvalue weighted by Crippen LogP contribution is 2.56. The summed E-state index contributed by atoms with van der Waals surface area (Å²) in [7, 11) is 0. The van der Waals surface area contributed by atoms with Crippen molar-refractivity contribution in [2.75, 3.05) is 13.2 Å². The van der Waals surface area contributed by atoms with Crippen LogP contribution in [0.15, 0.2) is 30.3 Å². The molecule has 1 aromatic rings. The Labute approximate surface area is 131 Å². The number of amides is 1. The molecule has 22 heavy (non-hydrogen) atoms. The van der Waals surface area contributed by atoms with Gasteiger partial charge in [-0.1, -0.05) is 30.3 Å². The largest absolute Gasteiger partial charge is 0.466 e. The lowest BCUT2D eigenvalue weighted by atomic mass is 9.88. The van der Waals surface area contributed by atoms with Gasteiger partial charge in [0, 0.05) is 18.9 Å². The van der Waals surface area contributed by atoms with Crippen LogP contribution in [-0.4, -0.2) is 29.9 Å². The normalized spacial score (nSPS) is 24.2. The maximum absolute atomic E-state index is 12.4. The first-order chi connectivity index (χ1) is 10.6. The highest BCUT2D eigenvalue weighted by molar-refractivity contribution is 5.85. The highest BCUT2D eigenvalue weighted by Gasteiger charge is 2.59. The molecule has 2 fully saturated rings. The molecule has 1 saturated heterocycles. The number of ether oxygens (including phenoxy) is 1. The monoisotopic (exact) mass is 301 g/mol. The number of carbonyl (C=O) groups is 2. The predicted molar refractivity (Wildman–Crippen MR) is 83.0 cm³/mol. The Morgan fingerprint density at radius 2 is 2.05 bits per heavy atom. The second-order valence-corrected chi connectivity index (χ2v) is 6.41. The summed E-state index contributed by atoms with van der Waals surface area (Å²) in [5, 5.41) is 0. The molecule has 4 nitrogen and oxygen atoms in total. The van der Waals surface area contributed by atoms with Gasteiger partial charge in [0.15, 0.2) is 0 Å². The first-order valence-electron chi connectivity index (χ1n) is 8.10. The quantitative estimate of drug-likeness (QED) is 0.786. The van der Waals surface area contributed by atoms with Crippen LogP contribution in [0.3, 0.4) is 0 Å². The zero-order valence-corrected chi connectivity index (χ0v) is 13.2. The smallest absolute Gasteiger partial charge is 0.312 e. The van der Waals surface area contributed by atoms with Gasteiger partial charge < -0.3 is 9.64 Å². The molecular formula is C18H23NO3. The van der Waals surface area contributed by atoms with Crippen molar-refractivity contribution in [3.63, 3.8) is 0 Å². The Morgan fingerprint density at radius 3 is 2.64 bits per heavy atom. The van der Waals surface area contributed by atoms with Crippen LogP contribution in [0.5, 0.6) is 0 Å². The van der Waals surface area contributed by atoms with E-state index in [9.17, 15) is 9.59 Å². The molecule has 0 spiro atoms. The summed E-state index contributed by atoms with van der Waals surface area (Å²) in [5.41, 5.74) is 0.745. The minimum absolute atomic E-state index is 0.0525. The van der Waals surface area contributed by atoms with Crippen molar-refractivity contribution in [3.8, 4) is 0 Å². The van der Waals surface area contributed by atoms with Gasteiger partial charge in [-0.15, -0.1) is 0 Å². The van der Waals surface area contributed by atoms with E-state index in [0.29, 0.717) is 19.6 Å². The zero-order valence-electron chi connectivity index (χ0n) is 13.2. The van der Waals surface area contributed by atoms with Crippen molar-refractivity contribution in [1.29, 1.82) is 0 Å². The second kappa shape index (κ2) is 5.75. The predicted octanol–water partition coefficient (Wildman–Crippen LogP) is 2.94. The van der Waals surface area contributed by atoms with Crippen LogP contribution in [0.25, 0.3) is 0 Å². The standard InChI is InChI=1S/C18H23NO3/c1-3-22-17(21)18(9-10-18)15-11-16(20)19(12-15)13(2)14-7-5-4-6-8-14/h4-8,13,15H,3,9-12H2,1-2H3/t13?,15-/m0/s1. The van der Waals surface area contributed by atoms with Crippen LogP contribution in [-0.2, 0) is 14.3 Å². The van der Waals surface area contributed by atoms with Crippen molar-refractivity contribution in [2.45, 2.75) is 39.2 Å². The summed E-state index contributed by atoms with van der Waals surface area (Å²) >= 11 is 0. The Balaban J connectivity index is 1.73. The summed E-state index contributed by atoms with van der Waals surface area (Å²) in [4.78, 5) is 26.6. The van der Waals surface area contributed by atoms with Crippen molar-refractivity contribution in [3.05, 3.63) is 35.9 Å². The molecule has 1 heterocycles. The molecule has 1 unspecified atom stereocenters. The number of esters is 1. The SMILES string of the molecule is CCOC(=O)C1([C@H]2CC(=O)N(C(C)c3ccccc3)C2)CC1. The summed E-state index contributed by atoms with van der Waals surface area (Å²) in [6.07, 6.45) is 2.19. The molecule has 1 aliphatic carbocycles. The van der Waals surface area contributed by atoms with Gasteiger partial charge in [0.05, 0.1) is 18.1 Å². The zero-order chi connectivity index (χ0) is 15.7. The van der Waals surface area contributed by atoms with Gasteiger partial charge in [-0.05, 0) is 32.3 Å². The lowest BCUT2D eigenvalue weighted by Crippen LogP contribution is -2.32. The number of hydrogen-bond donors (Lipinski definition) is 0. The number of hydrogen-bond acceptors (Lipinski definition) is 3. The van der Waals surface area contributed by atoms with Gasteiger partial charge >= 0.3 is 5.97 Å². The molecule has 2 atom stereocenters. The Hall–Kier alpha value is -1.84. The summed E-state index contributed by atoms with van der Waals surface area (Å²) < 4.78 is 5.23. The molecule has 1 aliphatic heterocycles. The summed E-state index contributed by atoms with van der Waals surface area (Å²) in [6.45, 7) is 4.95. The number of benzene rings is 1. The summed E-state index contributed by atoms with van der Waals surface area (Å²) in [5.74, 6) is 0.143. The molecule has 2 aliphatic rings. The average Bonchev–Trinajstić information content (AvgIpc) is 3.25. The number of rotatable bonds is 5. The van der Waals surface area contributed by atoms with Crippen molar-refractivity contribution >= 4 is 11.9 Å². The lowest BCUT2D eigenvalue weighted by Gasteiger charge is -2.26. The van der Waals surface area contributed by atoms with Crippen molar-refractivity contribution in [2.24, 2.45) is 11.3 Å². The third-order valence-electron chi connectivity index (χ3n) is 5.16. The van der Waals surface area contributed by atoms with E-state index in [2.05, 4.69) is 6.92 Å². The first-order valence-corrected chi connectivity index (χ1v) is 8.10. The molecule has 0 bridgehead atoms. The molecule has 118 valence electrons. The highest BCUT2D eigenvalue weighted by atomic mass is 16.5. The van der Waals surface area contributed by atoms with E-state index in [1.165, 1.54) is 0 Å². The molecule has 1 aromatic carbocycles. The fourth-order valence-corrected chi connectivity index (χ4v) is 3.58. The van der Waals surface area contributed by atoms with E-state index >= 15 is 0 Å². The fraction of sp³-hybridized carbons (Fsp3) is 0.556. The lowest BCUT2D eigenvalue weighted by molar-refractivity contribution is -0.151. The van der Waals surface area contributed by atoms with Crippen LogP contribution in [0.4, 0.5) is 0 Å². The third kappa shape index (κ3) is 2.51. The van der Waals surface area contributed by atoms with Crippen LogP contribution < -0.4 is 0 Å². The molecule has 0 aromatic heterocycles. The van der Waals surface area contributed by atoms with Crippen LogP contribution in [0.1, 0.15) is 44.7 Å². The van der Waals surface area contributed by atoms with Gasteiger partial charge in [-0.25, -0.2) is 0 Å². The van der Waals surface area contributed by atoms with Crippen LogP contribution in [0.2, 0.25) is 0 Å². The molecule has 0 radical (unpaired) electrons. The maximum Gasteiger partial charge on any atom is 0.312 e. The van der Waals surface area contributed by atoms with Gasteiger partial charge in [0.1, 0.15) is 0 Å².